The van der Waals surface area contributed by atoms with E-state index in [1.165, 1.54) is 21.5 Å². The molecule has 0 bridgehead atoms. The van der Waals surface area contributed by atoms with Crippen LogP contribution in [0.2, 0.25) is 39.3 Å². The third-order valence-corrected chi connectivity index (χ3v) is 9.22. The van der Waals surface area contributed by atoms with Crippen LogP contribution in [0, 0.1) is 0 Å². The Bertz CT molecular complexity index is 764. The standard InChI is InChI=1S/C21H32O2Si2/c1-21(2,15-9-11-16(22)12-10-15)17-13-14-18(23)20(25(6,7)8)19(17)24(3,4)5/h9-14,22-23H,1-8H3. The molecule has 0 aromatic heterocycles. The first kappa shape index (κ1) is 19.8. The Morgan fingerprint density at radius 1 is 0.680 bits per heavy atom. The second-order valence-corrected chi connectivity index (χ2v) is 19.6. The first-order valence-electron chi connectivity index (χ1n) is 8.93. The molecule has 2 aromatic carbocycles. The summed E-state index contributed by atoms with van der Waals surface area (Å²) in [6, 6.07) is 11.5. The summed E-state index contributed by atoms with van der Waals surface area (Å²) in [5, 5.41) is 23.0. The Morgan fingerprint density at radius 2 is 1.16 bits per heavy atom. The van der Waals surface area contributed by atoms with Gasteiger partial charge in [-0.3, -0.25) is 0 Å². The minimum absolute atomic E-state index is 0.189. The topological polar surface area (TPSA) is 40.5 Å². The molecule has 0 amide bonds. The molecule has 0 saturated carbocycles. The number of hydrogen-bond acceptors (Lipinski definition) is 2. The van der Waals surface area contributed by atoms with Crippen molar-refractivity contribution in [2.45, 2.75) is 58.5 Å². The lowest BCUT2D eigenvalue weighted by atomic mass is 9.78. The zero-order valence-corrected chi connectivity index (χ0v) is 18.9. The van der Waals surface area contributed by atoms with Crippen LogP contribution in [0.5, 0.6) is 11.5 Å². The molecule has 0 atom stereocenters. The molecule has 2 nitrogen and oxygen atoms in total. The third kappa shape index (κ3) is 3.85. The molecule has 136 valence electrons. The molecule has 0 radical (unpaired) electrons. The van der Waals surface area contributed by atoms with Crippen molar-refractivity contribution in [2.75, 3.05) is 0 Å². The molecule has 0 saturated heterocycles. The zero-order valence-electron chi connectivity index (χ0n) is 16.9. The number of rotatable bonds is 4. The minimum Gasteiger partial charge on any atom is -0.508 e. The van der Waals surface area contributed by atoms with Gasteiger partial charge in [0.2, 0.25) is 0 Å². The van der Waals surface area contributed by atoms with Crippen molar-refractivity contribution in [3.63, 3.8) is 0 Å². The summed E-state index contributed by atoms with van der Waals surface area (Å²) in [5.41, 5.74) is 2.30. The second kappa shape index (κ2) is 6.33. The van der Waals surface area contributed by atoms with Crippen LogP contribution in [0.25, 0.3) is 0 Å². The molecule has 0 aliphatic heterocycles. The average molecular weight is 373 g/mol. The molecule has 2 N–H and O–H groups in total. The van der Waals surface area contributed by atoms with E-state index in [9.17, 15) is 10.2 Å². The Labute approximate surface area is 154 Å². The van der Waals surface area contributed by atoms with E-state index in [1.807, 2.05) is 18.2 Å². The van der Waals surface area contributed by atoms with Crippen molar-refractivity contribution in [1.82, 2.24) is 0 Å². The van der Waals surface area contributed by atoms with E-state index in [1.54, 1.807) is 12.1 Å². The summed E-state index contributed by atoms with van der Waals surface area (Å²) in [5.74, 6) is 0.750. The Balaban J connectivity index is 2.84. The minimum atomic E-state index is -1.71. The van der Waals surface area contributed by atoms with Gasteiger partial charge in [0.05, 0.1) is 16.1 Å². The molecule has 0 aliphatic carbocycles. The molecule has 0 spiro atoms. The third-order valence-electron chi connectivity index (χ3n) is 4.95. The van der Waals surface area contributed by atoms with E-state index in [2.05, 4.69) is 59.2 Å². The van der Waals surface area contributed by atoms with Gasteiger partial charge in [-0.1, -0.05) is 76.5 Å². The van der Waals surface area contributed by atoms with E-state index in [0.29, 0.717) is 11.5 Å². The van der Waals surface area contributed by atoms with Gasteiger partial charge in [-0.25, -0.2) is 0 Å². The summed E-state index contributed by atoms with van der Waals surface area (Å²) in [6.45, 7) is 18.5. The van der Waals surface area contributed by atoms with E-state index < -0.39 is 16.1 Å². The highest BCUT2D eigenvalue weighted by molar-refractivity contribution is 6.99. The maximum absolute atomic E-state index is 10.7. The maximum atomic E-state index is 10.7. The fourth-order valence-corrected chi connectivity index (χ4v) is 9.75. The number of phenolic OH excluding ortho intramolecular Hbond substituents is 2. The summed E-state index contributed by atoms with van der Waals surface area (Å²) < 4.78 is 0. The van der Waals surface area contributed by atoms with Gasteiger partial charge < -0.3 is 10.2 Å². The van der Waals surface area contributed by atoms with Gasteiger partial charge in [-0.15, -0.1) is 0 Å². The highest BCUT2D eigenvalue weighted by atomic mass is 28.3. The fourth-order valence-electron chi connectivity index (χ4n) is 3.68. The molecule has 0 unspecified atom stereocenters. The van der Waals surface area contributed by atoms with Crippen LogP contribution in [0.1, 0.15) is 25.0 Å². The Hall–Kier alpha value is -1.53. The quantitative estimate of drug-likeness (QED) is 0.775. The van der Waals surface area contributed by atoms with Crippen LogP contribution in [0.4, 0.5) is 0 Å². The van der Waals surface area contributed by atoms with Crippen LogP contribution < -0.4 is 10.4 Å². The lowest BCUT2D eigenvalue weighted by molar-refractivity contribution is 0.474. The number of hydrogen-bond donors (Lipinski definition) is 2. The van der Waals surface area contributed by atoms with Gasteiger partial charge in [0.15, 0.2) is 0 Å². The lowest BCUT2D eigenvalue weighted by Gasteiger charge is -2.37. The second-order valence-electron chi connectivity index (χ2n) is 9.55. The normalized spacial score (nSPS) is 13.1. The average Bonchev–Trinajstić information content (AvgIpc) is 2.44. The van der Waals surface area contributed by atoms with Gasteiger partial charge in [0.1, 0.15) is 11.5 Å². The Kier molecular flexibility index (Phi) is 5.01. The van der Waals surface area contributed by atoms with Gasteiger partial charge >= 0.3 is 0 Å². The van der Waals surface area contributed by atoms with Crippen molar-refractivity contribution in [3.05, 3.63) is 47.5 Å². The molecule has 2 rings (SSSR count). The summed E-state index contributed by atoms with van der Waals surface area (Å²) in [4.78, 5) is 0. The lowest BCUT2D eigenvalue weighted by Crippen LogP contribution is -2.59. The van der Waals surface area contributed by atoms with E-state index >= 15 is 0 Å². The van der Waals surface area contributed by atoms with Crippen LogP contribution in [-0.2, 0) is 5.41 Å². The van der Waals surface area contributed by atoms with Gasteiger partial charge in [-0.2, -0.15) is 0 Å². The summed E-state index contributed by atoms with van der Waals surface area (Å²) in [7, 11) is -3.40. The zero-order chi connectivity index (χ0) is 19.2. The van der Waals surface area contributed by atoms with E-state index in [0.717, 1.165) is 0 Å². The molecule has 0 fully saturated rings. The predicted octanol–water partition coefficient (Wildman–Crippen LogP) is 4.51. The van der Waals surface area contributed by atoms with Crippen LogP contribution in [-0.4, -0.2) is 26.4 Å². The van der Waals surface area contributed by atoms with Crippen LogP contribution in [0.3, 0.4) is 0 Å². The van der Waals surface area contributed by atoms with Crippen molar-refractivity contribution in [2.24, 2.45) is 0 Å². The van der Waals surface area contributed by atoms with Crippen molar-refractivity contribution < 1.29 is 10.2 Å². The van der Waals surface area contributed by atoms with Gasteiger partial charge in [0.25, 0.3) is 0 Å². The van der Waals surface area contributed by atoms with E-state index in [-0.39, 0.29) is 5.41 Å². The predicted molar refractivity (Wildman–Crippen MR) is 114 cm³/mol. The Morgan fingerprint density at radius 3 is 1.60 bits per heavy atom. The fraction of sp³-hybridized carbons (Fsp3) is 0.429. The van der Waals surface area contributed by atoms with Crippen LogP contribution >= 0.6 is 0 Å². The number of benzene rings is 2. The monoisotopic (exact) mass is 372 g/mol. The number of aromatic hydroxyl groups is 2. The molecular formula is C21H32O2Si2. The molecule has 2 aromatic rings. The SMILES string of the molecule is CC(C)(c1ccc(O)cc1)c1ccc(O)c([Si](C)(C)C)c1[Si](C)(C)C. The summed E-state index contributed by atoms with van der Waals surface area (Å²) >= 11 is 0. The van der Waals surface area contributed by atoms with Gasteiger partial charge in [-0.05, 0) is 34.5 Å². The molecule has 25 heavy (non-hydrogen) atoms. The first-order chi connectivity index (χ1) is 11.3. The smallest absolute Gasteiger partial charge is 0.115 e. The number of phenols is 2. The molecular weight excluding hydrogens is 340 g/mol. The van der Waals surface area contributed by atoms with Crippen LogP contribution in [0.15, 0.2) is 36.4 Å². The van der Waals surface area contributed by atoms with Crippen molar-refractivity contribution in [1.29, 1.82) is 0 Å². The summed E-state index contributed by atoms with van der Waals surface area (Å²) in [6.07, 6.45) is 0. The van der Waals surface area contributed by atoms with Gasteiger partial charge in [0, 0.05) is 5.41 Å². The van der Waals surface area contributed by atoms with Crippen molar-refractivity contribution in [3.8, 4) is 11.5 Å². The van der Waals surface area contributed by atoms with E-state index in [4.69, 9.17) is 0 Å². The maximum Gasteiger partial charge on any atom is 0.115 e. The highest BCUT2D eigenvalue weighted by Gasteiger charge is 2.37. The first-order valence-corrected chi connectivity index (χ1v) is 15.9. The highest BCUT2D eigenvalue weighted by Crippen LogP contribution is 2.33. The molecule has 0 heterocycles. The molecule has 0 aliphatic rings. The largest absolute Gasteiger partial charge is 0.508 e. The van der Waals surface area contributed by atoms with Crippen molar-refractivity contribution >= 4 is 26.5 Å². The molecule has 4 heteroatoms.